The zero-order valence-electron chi connectivity index (χ0n) is 18.3. The monoisotopic (exact) mass is 435 g/mol. The molecule has 0 radical (unpaired) electrons. The van der Waals surface area contributed by atoms with E-state index in [2.05, 4.69) is 51.7 Å². The van der Waals surface area contributed by atoms with Crippen LogP contribution in [0.5, 0.6) is 0 Å². The maximum atomic E-state index is 13.3. The number of hydrogen-bond acceptors (Lipinski definition) is 6. The van der Waals surface area contributed by atoms with Crippen molar-refractivity contribution in [3.05, 3.63) is 47.7 Å². The lowest BCUT2D eigenvalue weighted by Gasteiger charge is -2.40. The molecule has 4 heterocycles. The highest BCUT2D eigenvalue weighted by atomic mass is 32.1. The topological polar surface area (TPSA) is 52.6 Å². The van der Waals surface area contributed by atoms with Crippen molar-refractivity contribution in [1.82, 2.24) is 14.9 Å². The van der Waals surface area contributed by atoms with Crippen LogP contribution in [0.3, 0.4) is 0 Å². The van der Waals surface area contributed by atoms with E-state index in [0.29, 0.717) is 5.91 Å². The predicted molar refractivity (Wildman–Crippen MR) is 127 cm³/mol. The van der Waals surface area contributed by atoms with E-state index in [4.69, 9.17) is 4.98 Å². The fourth-order valence-electron chi connectivity index (χ4n) is 4.73. The van der Waals surface area contributed by atoms with Crippen LogP contribution in [0.25, 0.3) is 10.3 Å². The molecule has 1 atom stereocenters. The van der Waals surface area contributed by atoms with Crippen molar-refractivity contribution in [3.8, 4) is 0 Å². The van der Waals surface area contributed by atoms with Gasteiger partial charge in [-0.05, 0) is 56.0 Å². The number of carbonyl (C=O) groups is 1. The van der Waals surface area contributed by atoms with Crippen LogP contribution in [-0.2, 0) is 4.79 Å². The van der Waals surface area contributed by atoms with Crippen LogP contribution in [0.4, 0.5) is 10.8 Å². The summed E-state index contributed by atoms with van der Waals surface area (Å²) < 4.78 is 0. The molecule has 1 aromatic carbocycles. The van der Waals surface area contributed by atoms with Crippen LogP contribution in [0, 0.1) is 19.8 Å². The third-order valence-electron chi connectivity index (χ3n) is 6.49. The fourth-order valence-corrected chi connectivity index (χ4v) is 5.68. The first-order chi connectivity index (χ1) is 15.1. The average Bonchev–Trinajstić information content (AvgIpc) is 3.25. The van der Waals surface area contributed by atoms with Crippen LogP contribution in [0.2, 0.25) is 0 Å². The van der Waals surface area contributed by atoms with E-state index in [1.54, 1.807) is 11.3 Å². The number of aromatic nitrogens is 2. The van der Waals surface area contributed by atoms with Gasteiger partial charge in [0.25, 0.3) is 0 Å². The summed E-state index contributed by atoms with van der Waals surface area (Å²) in [5.74, 6) is 0.366. The Morgan fingerprint density at radius 3 is 2.71 bits per heavy atom. The first kappa shape index (κ1) is 20.2. The molecular weight excluding hydrogens is 406 g/mol. The standard InChI is InChI=1S/C24H29N5OS/c1-17-7-8-18(2)21(15-17)27-11-13-28(14-12-27)23(30)19-5-4-10-29(16-19)24-26-20-6-3-9-25-22(20)31-24/h3,6-9,15,19H,4-5,10-14,16H2,1-2H3/t19-/m0/s1. The highest BCUT2D eigenvalue weighted by molar-refractivity contribution is 7.21. The second-order valence-corrected chi connectivity index (χ2v) is 9.67. The normalized spacial score (nSPS) is 19.8. The molecule has 3 aromatic rings. The van der Waals surface area contributed by atoms with Crippen molar-refractivity contribution in [2.45, 2.75) is 26.7 Å². The molecule has 5 rings (SSSR count). The number of piperidine rings is 1. The third-order valence-corrected chi connectivity index (χ3v) is 7.53. The minimum absolute atomic E-state index is 0.0565. The summed E-state index contributed by atoms with van der Waals surface area (Å²) in [7, 11) is 0. The van der Waals surface area contributed by atoms with Crippen molar-refractivity contribution in [1.29, 1.82) is 0 Å². The van der Waals surface area contributed by atoms with Gasteiger partial charge in [-0.3, -0.25) is 4.79 Å². The van der Waals surface area contributed by atoms with Gasteiger partial charge in [-0.15, -0.1) is 0 Å². The molecule has 31 heavy (non-hydrogen) atoms. The lowest BCUT2D eigenvalue weighted by Crippen LogP contribution is -2.52. The summed E-state index contributed by atoms with van der Waals surface area (Å²) in [6.07, 6.45) is 3.81. The van der Waals surface area contributed by atoms with E-state index < -0.39 is 0 Å². The van der Waals surface area contributed by atoms with Crippen LogP contribution in [-0.4, -0.2) is 60.0 Å². The summed E-state index contributed by atoms with van der Waals surface area (Å²) in [5, 5.41) is 0.992. The van der Waals surface area contributed by atoms with Crippen molar-refractivity contribution in [3.63, 3.8) is 0 Å². The van der Waals surface area contributed by atoms with Crippen LogP contribution in [0.15, 0.2) is 36.5 Å². The highest BCUT2D eigenvalue weighted by Gasteiger charge is 2.32. The largest absolute Gasteiger partial charge is 0.368 e. The van der Waals surface area contributed by atoms with E-state index in [0.717, 1.165) is 67.6 Å². The van der Waals surface area contributed by atoms with Gasteiger partial charge in [-0.1, -0.05) is 23.5 Å². The number of pyridine rings is 1. The number of aryl methyl sites for hydroxylation is 2. The molecule has 0 spiro atoms. The van der Waals surface area contributed by atoms with Crippen molar-refractivity contribution >= 4 is 38.4 Å². The SMILES string of the molecule is Cc1ccc(C)c(N2CCN(C(=O)[C@H]3CCCN(c4nc5cccnc5s4)C3)CC2)c1. The number of anilines is 2. The molecule has 2 fully saturated rings. The van der Waals surface area contributed by atoms with E-state index in [1.165, 1.54) is 16.8 Å². The minimum atomic E-state index is 0.0565. The zero-order valence-corrected chi connectivity index (χ0v) is 19.1. The predicted octanol–water partition coefficient (Wildman–Crippen LogP) is 3.87. The molecule has 2 aliphatic heterocycles. The van der Waals surface area contributed by atoms with Crippen LogP contribution in [0.1, 0.15) is 24.0 Å². The molecule has 0 N–H and O–H groups in total. The molecule has 1 amide bonds. The number of fused-ring (bicyclic) bond motifs is 1. The number of benzene rings is 1. The second-order valence-electron chi connectivity index (χ2n) is 8.71. The number of hydrogen-bond donors (Lipinski definition) is 0. The van der Waals surface area contributed by atoms with Gasteiger partial charge in [0.2, 0.25) is 5.91 Å². The maximum Gasteiger partial charge on any atom is 0.227 e. The molecule has 2 saturated heterocycles. The molecular formula is C24H29N5OS. The number of rotatable bonds is 3. The van der Waals surface area contributed by atoms with Gasteiger partial charge in [-0.25, -0.2) is 9.97 Å². The van der Waals surface area contributed by atoms with Gasteiger partial charge in [0, 0.05) is 51.2 Å². The Morgan fingerprint density at radius 1 is 1.06 bits per heavy atom. The zero-order chi connectivity index (χ0) is 21.4. The number of nitrogens with zero attached hydrogens (tertiary/aromatic N) is 5. The second kappa shape index (κ2) is 8.46. The lowest BCUT2D eigenvalue weighted by molar-refractivity contribution is -0.136. The molecule has 0 unspecified atom stereocenters. The lowest BCUT2D eigenvalue weighted by atomic mass is 9.96. The Labute approximate surface area is 187 Å². The number of thiazole rings is 1. The Bertz CT molecular complexity index is 1060. The molecule has 7 heteroatoms. The van der Waals surface area contributed by atoms with Gasteiger partial charge in [0.15, 0.2) is 5.13 Å². The van der Waals surface area contributed by atoms with Gasteiger partial charge in [0.1, 0.15) is 10.3 Å². The first-order valence-corrected chi connectivity index (χ1v) is 12.0. The molecule has 0 aliphatic carbocycles. The smallest absolute Gasteiger partial charge is 0.227 e. The minimum Gasteiger partial charge on any atom is -0.368 e. The van der Waals surface area contributed by atoms with E-state index in [1.807, 2.05) is 18.3 Å². The van der Waals surface area contributed by atoms with Gasteiger partial charge in [0.05, 0.1) is 5.92 Å². The van der Waals surface area contributed by atoms with Crippen molar-refractivity contribution in [2.75, 3.05) is 49.1 Å². The van der Waals surface area contributed by atoms with Crippen LogP contribution < -0.4 is 9.80 Å². The van der Waals surface area contributed by atoms with Gasteiger partial charge in [-0.2, -0.15) is 0 Å². The Hall–Kier alpha value is -2.67. The molecule has 2 aliphatic rings. The van der Waals surface area contributed by atoms with E-state index in [-0.39, 0.29) is 5.92 Å². The molecule has 0 saturated carbocycles. The van der Waals surface area contributed by atoms with Crippen molar-refractivity contribution in [2.24, 2.45) is 5.92 Å². The summed E-state index contributed by atoms with van der Waals surface area (Å²) in [6.45, 7) is 9.42. The fraction of sp³-hybridized carbons (Fsp3) is 0.458. The Kier molecular flexibility index (Phi) is 5.52. The van der Waals surface area contributed by atoms with Gasteiger partial charge < -0.3 is 14.7 Å². The third kappa shape index (κ3) is 4.11. The number of amides is 1. The maximum absolute atomic E-state index is 13.3. The quantitative estimate of drug-likeness (QED) is 0.625. The summed E-state index contributed by atoms with van der Waals surface area (Å²) in [6, 6.07) is 10.5. The Morgan fingerprint density at radius 2 is 1.90 bits per heavy atom. The Balaban J connectivity index is 1.23. The summed E-state index contributed by atoms with van der Waals surface area (Å²) in [5.41, 5.74) is 4.84. The molecule has 0 bridgehead atoms. The summed E-state index contributed by atoms with van der Waals surface area (Å²) >= 11 is 1.63. The summed E-state index contributed by atoms with van der Waals surface area (Å²) in [4.78, 5) is 30.2. The average molecular weight is 436 g/mol. The number of carbonyl (C=O) groups excluding carboxylic acids is 1. The molecule has 162 valence electrons. The van der Waals surface area contributed by atoms with Gasteiger partial charge >= 0.3 is 0 Å². The highest BCUT2D eigenvalue weighted by Crippen LogP contribution is 2.31. The van der Waals surface area contributed by atoms with E-state index in [9.17, 15) is 4.79 Å². The van der Waals surface area contributed by atoms with Crippen LogP contribution >= 0.6 is 11.3 Å². The van der Waals surface area contributed by atoms with Crippen molar-refractivity contribution < 1.29 is 4.79 Å². The molecule has 2 aromatic heterocycles. The first-order valence-electron chi connectivity index (χ1n) is 11.2. The molecule has 6 nitrogen and oxygen atoms in total. The number of piperazine rings is 1. The van der Waals surface area contributed by atoms with E-state index >= 15 is 0 Å².